The minimum Gasteiger partial charge on any atom is -0.352 e. The Hall–Kier alpha value is -2.34. The average Bonchev–Trinajstić information content (AvgIpc) is 2.75. The van der Waals surface area contributed by atoms with Crippen molar-refractivity contribution in [3.8, 4) is 0 Å². The number of carbonyl (C=O) groups is 2. The van der Waals surface area contributed by atoms with Crippen LogP contribution in [0.5, 0.6) is 0 Å². The Bertz CT molecular complexity index is 816. The second kappa shape index (κ2) is 12.4. The van der Waals surface area contributed by atoms with Crippen molar-refractivity contribution in [2.24, 2.45) is 0 Å². The quantitative estimate of drug-likeness (QED) is 0.574. The third-order valence-corrected chi connectivity index (χ3v) is 6.06. The molecule has 0 heterocycles. The molecule has 1 N–H and O–H groups in total. The van der Waals surface area contributed by atoms with Gasteiger partial charge in [0.15, 0.2) is 0 Å². The SMILES string of the molecule is CCC(C)NC(=O)C(C)N(CCc1ccccc1)C(=O)CSCc1ccccc1F. The summed E-state index contributed by atoms with van der Waals surface area (Å²) in [5, 5.41) is 2.96. The summed E-state index contributed by atoms with van der Waals surface area (Å²) in [5.41, 5.74) is 1.69. The van der Waals surface area contributed by atoms with Crippen molar-refractivity contribution in [1.29, 1.82) is 0 Å². The van der Waals surface area contributed by atoms with Crippen LogP contribution in [0.15, 0.2) is 54.6 Å². The molecule has 0 saturated heterocycles. The fourth-order valence-corrected chi connectivity index (χ4v) is 3.88. The molecule has 2 aromatic carbocycles. The number of hydrogen-bond donors (Lipinski definition) is 1. The molecule has 0 aromatic heterocycles. The Balaban J connectivity index is 2.01. The molecule has 6 heteroatoms. The smallest absolute Gasteiger partial charge is 0.242 e. The standard InChI is InChI=1S/C24H31FN2O2S/c1-4-18(2)26-24(29)19(3)27(15-14-20-10-6-5-7-11-20)23(28)17-30-16-21-12-8-9-13-22(21)25/h5-13,18-19H,4,14-17H2,1-3H3,(H,26,29). The van der Waals surface area contributed by atoms with Crippen molar-refractivity contribution in [1.82, 2.24) is 10.2 Å². The molecule has 0 aliphatic rings. The lowest BCUT2D eigenvalue weighted by molar-refractivity contribution is -0.138. The maximum absolute atomic E-state index is 13.8. The Kier molecular flexibility index (Phi) is 9.87. The molecule has 30 heavy (non-hydrogen) atoms. The Morgan fingerprint density at radius 3 is 2.40 bits per heavy atom. The van der Waals surface area contributed by atoms with E-state index in [0.717, 1.165) is 12.0 Å². The maximum Gasteiger partial charge on any atom is 0.242 e. The summed E-state index contributed by atoms with van der Waals surface area (Å²) in [7, 11) is 0. The Morgan fingerprint density at radius 2 is 1.73 bits per heavy atom. The van der Waals surface area contributed by atoms with Crippen LogP contribution in [0.1, 0.15) is 38.3 Å². The second-order valence-corrected chi connectivity index (χ2v) is 8.39. The molecule has 2 unspecified atom stereocenters. The van der Waals surface area contributed by atoms with E-state index >= 15 is 0 Å². The van der Waals surface area contributed by atoms with Crippen molar-refractivity contribution >= 4 is 23.6 Å². The molecule has 2 amide bonds. The molecule has 162 valence electrons. The summed E-state index contributed by atoms with van der Waals surface area (Å²) in [6.07, 6.45) is 1.50. The Morgan fingerprint density at radius 1 is 1.07 bits per heavy atom. The molecular weight excluding hydrogens is 399 g/mol. The van der Waals surface area contributed by atoms with E-state index in [2.05, 4.69) is 5.32 Å². The van der Waals surface area contributed by atoms with Gasteiger partial charge in [0.1, 0.15) is 11.9 Å². The van der Waals surface area contributed by atoms with Crippen LogP contribution >= 0.6 is 11.8 Å². The summed E-state index contributed by atoms with van der Waals surface area (Å²) in [5.74, 6) is 0.0891. The highest BCUT2D eigenvalue weighted by Gasteiger charge is 2.26. The van der Waals surface area contributed by atoms with Gasteiger partial charge in [-0.2, -0.15) is 0 Å². The number of nitrogens with one attached hydrogen (secondary N) is 1. The third kappa shape index (κ3) is 7.48. The molecule has 0 saturated carbocycles. The number of thioether (sulfide) groups is 1. The van der Waals surface area contributed by atoms with Crippen LogP contribution < -0.4 is 5.32 Å². The number of amides is 2. The minimum absolute atomic E-state index is 0.0569. The third-order valence-electron chi connectivity index (χ3n) is 5.09. The number of hydrogen-bond acceptors (Lipinski definition) is 3. The predicted octanol–water partition coefficient (Wildman–Crippen LogP) is 4.43. The van der Waals surface area contributed by atoms with Gasteiger partial charge in [-0.3, -0.25) is 9.59 Å². The zero-order valence-corrected chi connectivity index (χ0v) is 18.8. The fraction of sp³-hybridized carbons (Fsp3) is 0.417. The average molecular weight is 431 g/mol. The van der Waals surface area contributed by atoms with E-state index in [1.54, 1.807) is 30.0 Å². The van der Waals surface area contributed by atoms with Crippen LogP contribution in [0.4, 0.5) is 4.39 Å². The molecule has 0 fully saturated rings. The monoisotopic (exact) mass is 430 g/mol. The van der Waals surface area contributed by atoms with Crippen LogP contribution in [0, 0.1) is 5.82 Å². The molecular formula is C24H31FN2O2S. The topological polar surface area (TPSA) is 49.4 Å². The highest BCUT2D eigenvalue weighted by Crippen LogP contribution is 2.17. The van der Waals surface area contributed by atoms with Crippen LogP contribution in [0.3, 0.4) is 0 Å². The van der Waals surface area contributed by atoms with Gasteiger partial charge in [-0.25, -0.2) is 4.39 Å². The van der Waals surface area contributed by atoms with Crippen molar-refractivity contribution in [3.63, 3.8) is 0 Å². The van der Waals surface area contributed by atoms with Gasteiger partial charge in [0.2, 0.25) is 11.8 Å². The van der Waals surface area contributed by atoms with E-state index in [0.29, 0.717) is 24.3 Å². The number of halogens is 1. The van der Waals surface area contributed by atoms with Gasteiger partial charge in [0.05, 0.1) is 5.75 Å². The molecule has 2 rings (SSSR count). The lowest BCUT2D eigenvalue weighted by atomic mass is 10.1. The van der Waals surface area contributed by atoms with Gasteiger partial charge in [0.25, 0.3) is 0 Å². The van der Waals surface area contributed by atoms with Crippen LogP contribution in [-0.2, 0) is 21.8 Å². The van der Waals surface area contributed by atoms with Crippen molar-refractivity contribution < 1.29 is 14.0 Å². The molecule has 0 aliphatic carbocycles. The van der Waals surface area contributed by atoms with E-state index < -0.39 is 6.04 Å². The normalized spacial score (nSPS) is 12.8. The van der Waals surface area contributed by atoms with E-state index in [9.17, 15) is 14.0 Å². The first-order valence-electron chi connectivity index (χ1n) is 10.4. The zero-order valence-electron chi connectivity index (χ0n) is 17.9. The van der Waals surface area contributed by atoms with Crippen molar-refractivity contribution in [3.05, 3.63) is 71.5 Å². The van der Waals surface area contributed by atoms with Gasteiger partial charge in [-0.05, 0) is 43.9 Å². The fourth-order valence-electron chi connectivity index (χ4n) is 2.98. The number of rotatable bonds is 11. The van der Waals surface area contributed by atoms with Crippen molar-refractivity contribution in [2.75, 3.05) is 12.3 Å². The molecule has 4 nitrogen and oxygen atoms in total. The number of benzene rings is 2. The highest BCUT2D eigenvalue weighted by atomic mass is 32.2. The van der Waals surface area contributed by atoms with E-state index in [1.165, 1.54) is 17.8 Å². The van der Waals surface area contributed by atoms with Gasteiger partial charge < -0.3 is 10.2 Å². The summed E-state index contributed by atoms with van der Waals surface area (Å²) in [4.78, 5) is 27.3. The molecule has 0 spiro atoms. The summed E-state index contributed by atoms with van der Waals surface area (Å²) in [6, 6.07) is 16.0. The molecule has 0 radical (unpaired) electrons. The lowest BCUT2D eigenvalue weighted by Gasteiger charge is -2.29. The Labute approximate surface area is 183 Å². The van der Waals surface area contributed by atoms with Crippen LogP contribution in [0.25, 0.3) is 0 Å². The van der Waals surface area contributed by atoms with E-state index in [1.807, 2.05) is 44.2 Å². The van der Waals surface area contributed by atoms with E-state index in [-0.39, 0.29) is 29.4 Å². The van der Waals surface area contributed by atoms with E-state index in [4.69, 9.17) is 0 Å². The highest BCUT2D eigenvalue weighted by molar-refractivity contribution is 7.99. The first-order valence-corrected chi connectivity index (χ1v) is 11.5. The molecule has 0 aliphatic heterocycles. The van der Waals surface area contributed by atoms with Gasteiger partial charge in [-0.1, -0.05) is 55.5 Å². The van der Waals surface area contributed by atoms with Gasteiger partial charge >= 0.3 is 0 Å². The minimum atomic E-state index is -0.565. The van der Waals surface area contributed by atoms with Crippen molar-refractivity contribution in [2.45, 2.75) is 51.4 Å². The lowest BCUT2D eigenvalue weighted by Crippen LogP contribution is -2.51. The first kappa shape index (κ1) is 23.9. The predicted molar refractivity (Wildman–Crippen MR) is 122 cm³/mol. The maximum atomic E-state index is 13.8. The van der Waals surface area contributed by atoms with Gasteiger partial charge in [-0.15, -0.1) is 11.8 Å². The second-order valence-electron chi connectivity index (χ2n) is 7.40. The molecule has 2 aromatic rings. The van der Waals surface area contributed by atoms with Gasteiger partial charge in [0, 0.05) is 18.3 Å². The summed E-state index contributed by atoms with van der Waals surface area (Å²) < 4.78 is 13.8. The van der Waals surface area contributed by atoms with Crippen LogP contribution in [-0.4, -0.2) is 41.1 Å². The van der Waals surface area contributed by atoms with Crippen LogP contribution in [0.2, 0.25) is 0 Å². The summed E-state index contributed by atoms with van der Waals surface area (Å²) in [6.45, 7) is 6.18. The molecule has 0 bridgehead atoms. The first-order chi connectivity index (χ1) is 14.4. The molecule has 2 atom stereocenters. The number of carbonyl (C=O) groups excluding carboxylic acids is 2. The largest absolute Gasteiger partial charge is 0.352 e. The summed E-state index contributed by atoms with van der Waals surface area (Å²) >= 11 is 1.36. The number of nitrogens with zero attached hydrogens (tertiary/aromatic N) is 1. The zero-order chi connectivity index (χ0) is 21.9.